The Morgan fingerprint density at radius 1 is 1.18 bits per heavy atom. The Labute approximate surface area is 171 Å². The van der Waals surface area contributed by atoms with Crippen LogP contribution in [0.3, 0.4) is 0 Å². The molecule has 1 heterocycles. The molecule has 0 spiro atoms. The molecule has 6 heteroatoms. The standard InChI is InChI=1S/C22H26ClNO4/c1-4-24(5-2)13-14-26-20(25)21-27-19-12-11-17(23)15-18(19)22(3,28-21)16-9-7-6-8-10-16/h6-12,15,21H,4-5,13-14H2,1-3H3. The molecule has 0 radical (unpaired) electrons. The van der Waals surface area contributed by atoms with Crippen molar-refractivity contribution in [1.82, 2.24) is 4.90 Å². The third-order valence-electron chi connectivity index (χ3n) is 5.10. The molecule has 3 rings (SSSR count). The topological polar surface area (TPSA) is 48.0 Å². The van der Waals surface area contributed by atoms with Crippen LogP contribution in [-0.2, 0) is 19.9 Å². The Morgan fingerprint density at radius 2 is 1.89 bits per heavy atom. The monoisotopic (exact) mass is 403 g/mol. The van der Waals surface area contributed by atoms with E-state index in [1.54, 1.807) is 12.1 Å². The average Bonchev–Trinajstić information content (AvgIpc) is 2.72. The Bertz CT molecular complexity index is 809. The minimum atomic E-state index is -1.14. The highest BCUT2D eigenvalue weighted by molar-refractivity contribution is 6.30. The summed E-state index contributed by atoms with van der Waals surface area (Å²) in [6.07, 6.45) is -1.14. The fraction of sp³-hybridized carbons (Fsp3) is 0.409. The number of hydrogen-bond donors (Lipinski definition) is 0. The number of esters is 1. The zero-order valence-electron chi connectivity index (χ0n) is 16.5. The number of halogens is 1. The maximum atomic E-state index is 12.6. The van der Waals surface area contributed by atoms with Gasteiger partial charge in [0.15, 0.2) is 0 Å². The molecule has 0 saturated carbocycles. The maximum absolute atomic E-state index is 12.6. The van der Waals surface area contributed by atoms with Gasteiger partial charge in [0, 0.05) is 17.1 Å². The Kier molecular flexibility index (Phi) is 6.60. The normalized spacial score (nSPS) is 21.1. The second-order valence-electron chi connectivity index (χ2n) is 6.80. The van der Waals surface area contributed by atoms with E-state index < -0.39 is 17.9 Å². The molecule has 0 aliphatic carbocycles. The number of hydrogen-bond acceptors (Lipinski definition) is 5. The van der Waals surface area contributed by atoms with E-state index in [4.69, 9.17) is 25.8 Å². The number of rotatable bonds is 7. The number of ether oxygens (including phenoxy) is 3. The summed E-state index contributed by atoms with van der Waals surface area (Å²) in [6, 6.07) is 15.0. The number of fused-ring (bicyclic) bond motifs is 1. The molecule has 2 unspecified atom stereocenters. The Balaban J connectivity index is 1.82. The molecule has 1 aliphatic heterocycles. The third kappa shape index (κ3) is 4.32. The third-order valence-corrected chi connectivity index (χ3v) is 5.33. The van der Waals surface area contributed by atoms with Crippen molar-refractivity contribution in [1.29, 1.82) is 0 Å². The van der Waals surface area contributed by atoms with E-state index in [-0.39, 0.29) is 0 Å². The molecule has 0 fully saturated rings. The lowest BCUT2D eigenvalue weighted by atomic mass is 9.86. The molecular weight excluding hydrogens is 378 g/mol. The molecule has 0 N–H and O–H groups in total. The van der Waals surface area contributed by atoms with E-state index in [1.165, 1.54) is 0 Å². The number of nitrogens with zero attached hydrogens (tertiary/aromatic N) is 1. The van der Waals surface area contributed by atoms with Crippen molar-refractivity contribution < 1.29 is 19.0 Å². The van der Waals surface area contributed by atoms with Gasteiger partial charge in [-0.2, -0.15) is 0 Å². The van der Waals surface area contributed by atoms with E-state index in [0.717, 1.165) is 24.2 Å². The summed E-state index contributed by atoms with van der Waals surface area (Å²) in [4.78, 5) is 14.8. The van der Waals surface area contributed by atoms with Gasteiger partial charge in [0.25, 0.3) is 0 Å². The van der Waals surface area contributed by atoms with E-state index in [0.29, 0.717) is 23.9 Å². The largest absolute Gasteiger partial charge is 0.460 e. The van der Waals surface area contributed by atoms with Gasteiger partial charge in [0.05, 0.1) is 0 Å². The molecule has 2 aromatic rings. The van der Waals surface area contributed by atoms with Crippen LogP contribution in [0, 0.1) is 0 Å². The van der Waals surface area contributed by atoms with Crippen LogP contribution in [0.1, 0.15) is 31.9 Å². The van der Waals surface area contributed by atoms with Crippen molar-refractivity contribution in [3.63, 3.8) is 0 Å². The van der Waals surface area contributed by atoms with Crippen LogP contribution >= 0.6 is 11.6 Å². The summed E-state index contributed by atoms with van der Waals surface area (Å²) in [5.74, 6) is 0.0302. The zero-order valence-corrected chi connectivity index (χ0v) is 17.2. The van der Waals surface area contributed by atoms with Crippen LogP contribution in [-0.4, -0.2) is 43.4 Å². The molecule has 2 atom stereocenters. The highest BCUT2D eigenvalue weighted by Crippen LogP contribution is 2.44. The SMILES string of the molecule is CCN(CC)CCOC(=O)C1Oc2ccc(Cl)cc2C(C)(c2ccccc2)O1. The number of benzene rings is 2. The van der Waals surface area contributed by atoms with Gasteiger partial charge in [-0.1, -0.05) is 55.8 Å². The molecule has 28 heavy (non-hydrogen) atoms. The molecule has 2 aromatic carbocycles. The number of likely N-dealkylation sites (N-methyl/N-ethyl adjacent to an activating group) is 1. The molecule has 150 valence electrons. The number of carbonyl (C=O) groups excluding carboxylic acids is 1. The lowest BCUT2D eigenvalue weighted by Gasteiger charge is -2.39. The first kappa shape index (κ1) is 20.6. The molecule has 1 aliphatic rings. The van der Waals surface area contributed by atoms with Crippen LogP contribution in [0.25, 0.3) is 0 Å². The van der Waals surface area contributed by atoms with Crippen molar-refractivity contribution >= 4 is 17.6 Å². The van der Waals surface area contributed by atoms with Gasteiger partial charge in [-0.3, -0.25) is 0 Å². The van der Waals surface area contributed by atoms with E-state index in [2.05, 4.69) is 18.7 Å². The highest BCUT2D eigenvalue weighted by Gasteiger charge is 2.43. The van der Waals surface area contributed by atoms with Crippen molar-refractivity contribution in [2.75, 3.05) is 26.2 Å². The first-order valence-electron chi connectivity index (χ1n) is 9.57. The van der Waals surface area contributed by atoms with E-state index >= 15 is 0 Å². The van der Waals surface area contributed by atoms with Crippen molar-refractivity contribution in [3.8, 4) is 5.75 Å². The lowest BCUT2D eigenvalue weighted by Crippen LogP contribution is -2.45. The minimum Gasteiger partial charge on any atom is -0.460 e. The second kappa shape index (κ2) is 8.95. The fourth-order valence-corrected chi connectivity index (χ4v) is 3.53. The van der Waals surface area contributed by atoms with E-state index in [9.17, 15) is 4.79 Å². The summed E-state index contributed by atoms with van der Waals surface area (Å²) in [6.45, 7) is 8.84. The Morgan fingerprint density at radius 3 is 2.57 bits per heavy atom. The summed E-state index contributed by atoms with van der Waals surface area (Å²) in [5.41, 5.74) is 0.795. The van der Waals surface area contributed by atoms with Crippen molar-refractivity contribution in [2.45, 2.75) is 32.7 Å². The van der Waals surface area contributed by atoms with Gasteiger partial charge < -0.3 is 19.1 Å². The van der Waals surface area contributed by atoms with Gasteiger partial charge in [0.1, 0.15) is 18.0 Å². The van der Waals surface area contributed by atoms with Gasteiger partial charge in [-0.15, -0.1) is 0 Å². The summed E-state index contributed by atoms with van der Waals surface area (Å²) >= 11 is 6.21. The van der Waals surface area contributed by atoms with Gasteiger partial charge in [0.2, 0.25) is 0 Å². The molecule has 0 aromatic heterocycles. The van der Waals surface area contributed by atoms with Crippen LogP contribution < -0.4 is 4.74 Å². The summed E-state index contributed by atoms with van der Waals surface area (Å²) in [5, 5.41) is 0.577. The quantitative estimate of drug-likeness (QED) is 0.647. The Hall–Kier alpha value is -2.08. The van der Waals surface area contributed by atoms with Gasteiger partial charge in [-0.05, 0) is 43.8 Å². The van der Waals surface area contributed by atoms with Crippen molar-refractivity contribution in [2.24, 2.45) is 0 Å². The predicted molar refractivity (Wildman–Crippen MR) is 109 cm³/mol. The lowest BCUT2D eigenvalue weighted by molar-refractivity contribution is -0.206. The van der Waals surface area contributed by atoms with E-state index in [1.807, 2.05) is 43.3 Å². The van der Waals surface area contributed by atoms with Crippen LogP contribution in [0.2, 0.25) is 5.02 Å². The number of carbonyl (C=O) groups is 1. The smallest absolute Gasteiger partial charge is 0.376 e. The second-order valence-corrected chi connectivity index (χ2v) is 7.24. The van der Waals surface area contributed by atoms with Crippen LogP contribution in [0.15, 0.2) is 48.5 Å². The van der Waals surface area contributed by atoms with Crippen LogP contribution in [0.4, 0.5) is 0 Å². The average molecular weight is 404 g/mol. The summed E-state index contributed by atoms with van der Waals surface area (Å²) < 4.78 is 17.4. The molecular formula is C22H26ClNO4. The zero-order chi connectivity index (χ0) is 20.1. The van der Waals surface area contributed by atoms with Crippen molar-refractivity contribution in [3.05, 3.63) is 64.7 Å². The minimum absolute atomic E-state index is 0.291. The molecule has 0 amide bonds. The fourth-order valence-electron chi connectivity index (χ4n) is 3.35. The molecule has 0 saturated heterocycles. The maximum Gasteiger partial charge on any atom is 0.376 e. The predicted octanol–water partition coefficient (Wildman–Crippen LogP) is 4.22. The summed E-state index contributed by atoms with van der Waals surface area (Å²) in [7, 11) is 0. The molecule has 5 nitrogen and oxygen atoms in total. The first-order valence-corrected chi connectivity index (χ1v) is 9.94. The van der Waals surface area contributed by atoms with Crippen LogP contribution in [0.5, 0.6) is 5.75 Å². The van der Waals surface area contributed by atoms with Gasteiger partial charge >= 0.3 is 12.3 Å². The molecule has 0 bridgehead atoms. The first-order chi connectivity index (χ1) is 13.5. The highest BCUT2D eigenvalue weighted by atomic mass is 35.5. The van der Waals surface area contributed by atoms with Gasteiger partial charge in [-0.25, -0.2) is 4.79 Å².